The van der Waals surface area contributed by atoms with Gasteiger partial charge in [0.15, 0.2) is 0 Å². The predicted octanol–water partition coefficient (Wildman–Crippen LogP) is 3.97. The fraction of sp³-hybridized carbons (Fsp3) is 0.385. The lowest BCUT2D eigenvalue weighted by atomic mass is 10.3. The molecule has 0 saturated heterocycles. The molecule has 102 valence electrons. The Kier molecular flexibility index (Phi) is 5.39. The highest BCUT2D eigenvalue weighted by molar-refractivity contribution is 9.10. The second-order valence-corrected chi connectivity index (χ2v) is 6.11. The molecule has 1 aromatic carbocycles. The number of hydrogen-bond acceptors (Lipinski definition) is 3. The third-order valence-electron chi connectivity index (χ3n) is 2.64. The second-order valence-electron chi connectivity index (χ2n) is 4.08. The Labute approximate surface area is 129 Å². The van der Waals surface area contributed by atoms with Gasteiger partial charge in [-0.2, -0.15) is 0 Å². The third-order valence-corrected chi connectivity index (χ3v) is 4.28. The van der Waals surface area contributed by atoms with E-state index in [0.717, 1.165) is 22.3 Å². The lowest BCUT2D eigenvalue weighted by Gasteiger charge is -2.05. The first kappa shape index (κ1) is 14.5. The lowest BCUT2D eigenvalue weighted by Crippen LogP contribution is -2.08. The molecule has 0 amide bonds. The maximum Gasteiger partial charge on any atom is 0.119 e. The Morgan fingerprint density at radius 2 is 2.05 bits per heavy atom. The van der Waals surface area contributed by atoms with Crippen molar-refractivity contribution in [3.05, 3.63) is 40.6 Å². The van der Waals surface area contributed by atoms with Crippen molar-refractivity contribution in [1.29, 1.82) is 0 Å². The summed E-state index contributed by atoms with van der Waals surface area (Å²) in [7, 11) is 0. The van der Waals surface area contributed by atoms with Crippen LogP contribution in [0.1, 0.15) is 23.9 Å². The minimum atomic E-state index is 0.272. The number of aromatic nitrogens is 3. The summed E-state index contributed by atoms with van der Waals surface area (Å²) in [5.74, 6) is 0.857. The fourth-order valence-electron chi connectivity index (χ4n) is 1.56. The number of benzene rings is 1. The molecule has 0 aliphatic heterocycles. The molecule has 2 rings (SSSR count). The third kappa shape index (κ3) is 4.31. The summed E-state index contributed by atoms with van der Waals surface area (Å²) < 4.78 is 8.49. The zero-order chi connectivity index (χ0) is 13.7. The Balaban J connectivity index is 1.82. The van der Waals surface area contributed by atoms with Crippen LogP contribution in [0, 0.1) is 0 Å². The van der Waals surface area contributed by atoms with Crippen LogP contribution in [0.4, 0.5) is 0 Å². The predicted molar refractivity (Wildman–Crippen MR) is 81.6 cm³/mol. The second kappa shape index (κ2) is 7.05. The largest absolute Gasteiger partial charge is 0.492 e. The maximum atomic E-state index is 5.64. The standard InChI is InChI=1S/C13H15Br2N3O/c1-2-12(15)13-9-18(17-16-13)7-8-19-11-5-3-10(14)4-6-11/h3-6,9,12H,2,7-8H2,1H3. The lowest BCUT2D eigenvalue weighted by molar-refractivity contribution is 0.289. The molecule has 2 aromatic rings. The average Bonchev–Trinajstić information content (AvgIpc) is 2.89. The summed E-state index contributed by atoms with van der Waals surface area (Å²) in [6.45, 7) is 3.37. The highest BCUT2D eigenvalue weighted by atomic mass is 79.9. The fourth-order valence-corrected chi connectivity index (χ4v) is 2.04. The van der Waals surface area contributed by atoms with Gasteiger partial charge in [-0.3, -0.25) is 0 Å². The number of halogens is 2. The van der Waals surface area contributed by atoms with E-state index < -0.39 is 0 Å². The molecule has 0 spiro atoms. The first-order valence-corrected chi connectivity index (χ1v) is 7.82. The molecule has 0 aliphatic rings. The SMILES string of the molecule is CCC(Br)c1cn(CCOc2ccc(Br)cc2)nn1. The van der Waals surface area contributed by atoms with E-state index in [0.29, 0.717) is 13.2 Å². The van der Waals surface area contributed by atoms with Crippen LogP contribution in [0.2, 0.25) is 0 Å². The summed E-state index contributed by atoms with van der Waals surface area (Å²) in [5.41, 5.74) is 0.964. The molecule has 1 aromatic heterocycles. The van der Waals surface area contributed by atoms with Gasteiger partial charge in [-0.1, -0.05) is 44.0 Å². The van der Waals surface area contributed by atoms with Gasteiger partial charge in [0, 0.05) is 10.7 Å². The molecule has 0 fully saturated rings. The summed E-state index contributed by atoms with van der Waals surface area (Å²) in [6.07, 6.45) is 2.95. The highest BCUT2D eigenvalue weighted by Gasteiger charge is 2.09. The zero-order valence-corrected chi connectivity index (χ0v) is 13.8. The number of ether oxygens (including phenoxy) is 1. The van der Waals surface area contributed by atoms with E-state index in [9.17, 15) is 0 Å². The Morgan fingerprint density at radius 1 is 1.32 bits per heavy atom. The van der Waals surface area contributed by atoms with Gasteiger partial charge in [0.1, 0.15) is 12.4 Å². The van der Waals surface area contributed by atoms with Gasteiger partial charge < -0.3 is 4.74 Å². The molecular formula is C13H15Br2N3O. The van der Waals surface area contributed by atoms with Gasteiger partial charge in [-0.05, 0) is 30.7 Å². The van der Waals surface area contributed by atoms with E-state index in [1.165, 1.54) is 0 Å². The molecule has 19 heavy (non-hydrogen) atoms. The highest BCUT2D eigenvalue weighted by Crippen LogP contribution is 2.23. The van der Waals surface area contributed by atoms with Crippen molar-refractivity contribution >= 4 is 31.9 Å². The number of nitrogens with zero attached hydrogens (tertiary/aromatic N) is 3. The minimum Gasteiger partial charge on any atom is -0.492 e. The van der Waals surface area contributed by atoms with Crippen LogP contribution >= 0.6 is 31.9 Å². The Hall–Kier alpha value is -0.880. The summed E-state index contributed by atoms with van der Waals surface area (Å²) >= 11 is 6.95. The van der Waals surface area contributed by atoms with Gasteiger partial charge in [0.05, 0.1) is 17.1 Å². The van der Waals surface area contributed by atoms with Crippen LogP contribution in [0.15, 0.2) is 34.9 Å². The molecule has 1 heterocycles. The average molecular weight is 389 g/mol. The molecule has 0 bridgehead atoms. The van der Waals surface area contributed by atoms with E-state index in [4.69, 9.17) is 4.74 Å². The molecule has 0 N–H and O–H groups in total. The van der Waals surface area contributed by atoms with Crippen LogP contribution < -0.4 is 4.74 Å². The van der Waals surface area contributed by atoms with Crippen LogP contribution in [0.5, 0.6) is 5.75 Å². The van der Waals surface area contributed by atoms with Crippen molar-refractivity contribution in [3.8, 4) is 5.75 Å². The first-order chi connectivity index (χ1) is 9.19. The van der Waals surface area contributed by atoms with Crippen molar-refractivity contribution in [2.75, 3.05) is 6.61 Å². The van der Waals surface area contributed by atoms with Gasteiger partial charge in [-0.15, -0.1) is 5.10 Å². The van der Waals surface area contributed by atoms with Crippen LogP contribution in [0.3, 0.4) is 0 Å². The Bertz CT molecular complexity index is 513. The first-order valence-electron chi connectivity index (χ1n) is 6.11. The summed E-state index contributed by atoms with van der Waals surface area (Å²) in [6, 6.07) is 7.78. The molecule has 0 radical (unpaired) electrons. The Morgan fingerprint density at radius 3 is 2.74 bits per heavy atom. The normalized spacial score (nSPS) is 12.4. The van der Waals surface area contributed by atoms with E-state index in [1.807, 2.05) is 30.5 Å². The molecular weight excluding hydrogens is 374 g/mol. The van der Waals surface area contributed by atoms with Gasteiger partial charge in [0.2, 0.25) is 0 Å². The van der Waals surface area contributed by atoms with Gasteiger partial charge in [0.25, 0.3) is 0 Å². The molecule has 0 saturated carbocycles. The number of alkyl halides is 1. The molecule has 0 aliphatic carbocycles. The van der Waals surface area contributed by atoms with Crippen LogP contribution in [-0.4, -0.2) is 21.6 Å². The molecule has 1 unspecified atom stereocenters. The van der Waals surface area contributed by atoms with E-state index >= 15 is 0 Å². The van der Waals surface area contributed by atoms with E-state index in [1.54, 1.807) is 4.68 Å². The minimum absolute atomic E-state index is 0.272. The zero-order valence-electron chi connectivity index (χ0n) is 10.6. The molecule has 1 atom stereocenters. The van der Waals surface area contributed by atoms with Crippen molar-refractivity contribution < 1.29 is 4.74 Å². The van der Waals surface area contributed by atoms with E-state index in [2.05, 4.69) is 49.1 Å². The summed E-state index contributed by atoms with van der Waals surface area (Å²) in [4.78, 5) is 0.272. The van der Waals surface area contributed by atoms with Crippen LogP contribution in [-0.2, 0) is 6.54 Å². The quantitative estimate of drug-likeness (QED) is 0.703. The maximum absolute atomic E-state index is 5.64. The monoisotopic (exact) mass is 387 g/mol. The van der Waals surface area contributed by atoms with Crippen molar-refractivity contribution in [1.82, 2.24) is 15.0 Å². The van der Waals surface area contributed by atoms with Crippen molar-refractivity contribution in [2.24, 2.45) is 0 Å². The number of rotatable bonds is 6. The summed E-state index contributed by atoms with van der Waals surface area (Å²) in [5, 5.41) is 8.21. The molecule has 6 heteroatoms. The van der Waals surface area contributed by atoms with Crippen LogP contribution in [0.25, 0.3) is 0 Å². The molecule has 4 nitrogen and oxygen atoms in total. The van der Waals surface area contributed by atoms with Gasteiger partial charge >= 0.3 is 0 Å². The topological polar surface area (TPSA) is 39.9 Å². The van der Waals surface area contributed by atoms with Crippen molar-refractivity contribution in [3.63, 3.8) is 0 Å². The van der Waals surface area contributed by atoms with Gasteiger partial charge in [-0.25, -0.2) is 4.68 Å². The number of hydrogen-bond donors (Lipinski definition) is 0. The van der Waals surface area contributed by atoms with Crippen molar-refractivity contribution in [2.45, 2.75) is 24.7 Å². The van der Waals surface area contributed by atoms with E-state index in [-0.39, 0.29) is 4.83 Å². The smallest absolute Gasteiger partial charge is 0.119 e.